The summed E-state index contributed by atoms with van der Waals surface area (Å²) in [4.78, 5) is 4.35. The summed E-state index contributed by atoms with van der Waals surface area (Å²) in [6.07, 6.45) is 10.4. The van der Waals surface area contributed by atoms with Crippen LogP contribution in [0, 0.1) is 0 Å². The lowest BCUT2D eigenvalue weighted by atomic mass is 9.89. The molecule has 4 rings (SSSR count). The molecule has 2 heteroatoms. The molecule has 0 aliphatic carbocycles. The minimum absolute atomic E-state index is 0.459. The van der Waals surface area contributed by atoms with Crippen LogP contribution in [-0.2, 0) is 13.0 Å². The summed E-state index contributed by atoms with van der Waals surface area (Å²) in [6.45, 7) is 0.840. The van der Waals surface area contributed by atoms with Gasteiger partial charge in [-0.25, -0.2) is 4.98 Å². The molecule has 1 unspecified atom stereocenters. The highest BCUT2D eigenvalue weighted by Gasteiger charge is 2.11. The monoisotopic (exact) mass is 378 g/mol. The Morgan fingerprint density at radius 1 is 0.759 bits per heavy atom. The van der Waals surface area contributed by atoms with Gasteiger partial charge in [-0.1, -0.05) is 97.1 Å². The molecule has 1 atom stereocenters. The second kappa shape index (κ2) is 9.70. The maximum Gasteiger partial charge on any atom is 0.0953 e. The molecule has 0 amide bonds. The van der Waals surface area contributed by atoms with E-state index in [2.05, 4.69) is 113 Å². The van der Waals surface area contributed by atoms with E-state index in [1.165, 1.54) is 16.7 Å². The van der Waals surface area contributed by atoms with E-state index in [4.69, 9.17) is 0 Å². The second-order valence-corrected chi connectivity index (χ2v) is 7.37. The zero-order valence-corrected chi connectivity index (χ0v) is 16.6. The van der Waals surface area contributed by atoms with Gasteiger partial charge >= 0.3 is 0 Å². The van der Waals surface area contributed by atoms with Crippen molar-refractivity contribution >= 4 is 6.08 Å². The summed E-state index contributed by atoms with van der Waals surface area (Å²) in [7, 11) is 0. The van der Waals surface area contributed by atoms with Crippen LogP contribution in [0.15, 0.2) is 110 Å². The van der Waals surface area contributed by atoms with E-state index in [0.29, 0.717) is 5.92 Å². The van der Waals surface area contributed by atoms with Gasteiger partial charge in [0.2, 0.25) is 0 Å². The molecule has 1 heterocycles. The topological polar surface area (TPSA) is 17.8 Å². The predicted octanol–water partition coefficient (Wildman–Crippen LogP) is 6.36. The third-order valence-corrected chi connectivity index (χ3v) is 5.25. The predicted molar refractivity (Wildman–Crippen MR) is 121 cm³/mol. The first-order chi connectivity index (χ1) is 14.4. The first kappa shape index (κ1) is 18.9. The minimum atomic E-state index is 0.459. The first-order valence-electron chi connectivity index (χ1n) is 10.2. The summed E-state index contributed by atoms with van der Waals surface area (Å²) >= 11 is 0. The third-order valence-electron chi connectivity index (χ3n) is 5.25. The third kappa shape index (κ3) is 5.32. The van der Waals surface area contributed by atoms with Gasteiger partial charge in [0.05, 0.1) is 18.2 Å². The normalized spacial score (nSPS) is 12.3. The van der Waals surface area contributed by atoms with Gasteiger partial charge in [0, 0.05) is 6.54 Å². The Morgan fingerprint density at radius 3 is 2.07 bits per heavy atom. The van der Waals surface area contributed by atoms with Crippen LogP contribution in [-0.4, -0.2) is 9.55 Å². The number of rotatable bonds is 8. The standard InChI is InChI=1S/C27H26N2/c1-4-11-23(12-5-1)19-26(25-15-8-3-9-16-25)17-10-18-27-20-28-22-29(27)21-24-13-6-2-7-14-24/h1-16,18,20,22,26H,17,19,21H2. The SMILES string of the molecule is C(=Cc1cncn1Cc1ccccc1)CC(Cc1ccccc1)c1ccccc1. The summed E-state index contributed by atoms with van der Waals surface area (Å²) in [5.74, 6) is 0.459. The average Bonchev–Trinajstić information content (AvgIpc) is 3.22. The molecule has 0 aliphatic heterocycles. The van der Waals surface area contributed by atoms with E-state index in [0.717, 1.165) is 25.1 Å². The van der Waals surface area contributed by atoms with Crippen molar-refractivity contribution in [3.63, 3.8) is 0 Å². The van der Waals surface area contributed by atoms with Crippen LogP contribution in [0.3, 0.4) is 0 Å². The fourth-order valence-corrected chi connectivity index (χ4v) is 3.70. The number of nitrogens with zero attached hydrogens (tertiary/aromatic N) is 2. The first-order valence-corrected chi connectivity index (χ1v) is 10.2. The van der Waals surface area contributed by atoms with Crippen molar-refractivity contribution in [1.29, 1.82) is 0 Å². The molecule has 2 nitrogen and oxygen atoms in total. The van der Waals surface area contributed by atoms with E-state index < -0.39 is 0 Å². The Hall–Kier alpha value is -3.39. The Labute approximate surface area is 173 Å². The molecular weight excluding hydrogens is 352 g/mol. The fourth-order valence-electron chi connectivity index (χ4n) is 3.70. The molecule has 0 aliphatic rings. The van der Waals surface area contributed by atoms with Gasteiger partial charge in [0.1, 0.15) is 0 Å². The minimum Gasteiger partial charge on any atom is -0.327 e. The largest absolute Gasteiger partial charge is 0.327 e. The summed E-state index contributed by atoms with van der Waals surface area (Å²) in [5.41, 5.74) is 5.19. The number of hydrogen-bond donors (Lipinski definition) is 0. The van der Waals surface area contributed by atoms with Crippen molar-refractivity contribution < 1.29 is 0 Å². The smallest absolute Gasteiger partial charge is 0.0953 e. The fraction of sp³-hybridized carbons (Fsp3) is 0.148. The van der Waals surface area contributed by atoms with Crippen molar-refractivity contribution in [2.75, 3.05) is 0 Å². The molecule has 1 aromatic heterocycles. The van der Waals surface area contributed by atoms with Gasteiger partial charge in [-0.15, -0.1) is 0 Å². The van der Waals surface area contributed by atoms with Crippen LogP contribution in [0.1, 0.15) is 34.7 Å². The maximum absolute atomic E-state index is 4.35. The van der Waals surface area contributed by atoms with Crippen molar-refractivity contribution in [2.24, 2.45) is 0 Å². The Morgan fingerprint density at radius 2 is 1.38 bits per heavy atom. The van der Waals surface area contributed by atoms with Gasteiger partial charge in [-0.05, 0) is 41.5 Å². The Kier molecular flexibility index (Phi) is 6.34. The number of aromatic nitrogens is 2. The van der Waals surface area contributed by atoms with Crippen LogP contribution in [0.5, 0.6) is 0 Å². The lowest BCUT2D eigenvalue weighted by molar-refractivity contribution is 0.696. The molecule has 0 bridgehead atoms. The lowest BCUT2D eigenvalue weighted by Crippen LogP contribution is -2.02. The highest BCUT2D eigenvalue weighted by Crippen LogP contribution is 2.25. The molecule has 0 radical (unpaired) electrons. The van der Waals surface area contributed by atoms with Crippen LogP contribution >= 0.6 is 0 Å². The van der Waals surface area contributed by atoms with Crippen LogP contribution in [0.2, 0.25) is 0 Å². The van der Waals surface area contributed by atoms with Crippen molar-refractivity contribution in [3.8, 4) is 0 Å². The molecule has 4 aromatic rings. The number of hydrogen-bond acceptors (Lipinski definition) is 1. The quantitative estimate of drug-likeness (QED) is 0.349. The van der Waals surface area contributed by atoms with E-state index in [1.54, 1.807) is 0 Å². The zero-order valence-electron chi connectivity index (χ0n) is 16.6. The number of benzene rings is 3. The summed E-state index contributed by atoms with van der Waals surface area (Å²) in [6, 6.07) is 32.1. The van der Waals surface area contributed by atoms with Crippen LogP contribution < -0.4 is 0 Å². The number of allylic oxidation sites excluding steroid dienone is 1. The van der Waals surface area contributed by atoms with E-state index >= 15 is 0 Å². The van der Waals surface area contributed by atoms with Crippen LogP contribution in [0.4, 0.5) is 0 Å². The maximum atomic E-state index is 4.35. The summed E-state index contributed by atoms with van der Waals surface area (Å²) in [5, 5.41) is 0. The molecule has 0 N–H and O–H groups in total. The van der Waals surface area contributed by atoms with Crippen molar-refractivity contribution in [1.82, 2.24) is 9.55 Å². The van der Waals surface area contributed by atoms with Crippen molar-refractivity contribution in [3.05, 3.63) is 132 Å². The van der Waals surface area contributed by atoms with Gasteiger partial charge in [0.25, 0.3) is 0 Å². The molecule has 0 fully saturated rings. The lowest BCUT2D eigenvalue weighted by Gasteiger charge is -2.16. The van der Waals surface area contributed by atoms with Gasteiger partial charge < -0.3 is 4.57 Å². The molecule has 3 aromatic carbocycles. The molecular formula is C27H26N2. The second-order valence-electron chi connectivity index (χ2n) is 7.37. The average molecular weight is 379 g/mol. The van der Waals surface area contributed by atoms with Gasteiger partial charge in [-0.2, -0.15) is 0 Å². The highest BCUT2D eigenvalue weighted by molar-refractivity contribution is 5.44. The van der Waals surface area contributed by atoms with Crippen LogP contribution in [0.25, 0.3) is 6.08 Å². The number of imidazole rings is 1. The van der Waals surface area contributed by atoms with E-state index in [1.807, 2.05) is 12.5 Å². The zero-order chi connectivity index (χ0) is 19.7. The van der Waals surface area contributed by atoms with E-state index in [-0.39, 0.29) is 0 Å². The molecule has 0 saturated heterocycles. The molecule has 29 heavy (non-hydrogen) atoms. The Bertz CT molecular complexity index is 1020. The molecule has 0 saturated carbocycles. The van der Waals surface area contributed by atoms with Gasteiger partial charge in [0.15, 0.2) is 0 Å². The van der Waals surface area contributed by atoms with E-state index in [9.17, 15) is 0 Å². The molecule has 0 spiro atoms. The summed E-state index contributed by atoms with van der Waals surface area (Å²) < 4.78 is 2.19. The molecule has 144 valence electrons. The Balaban J connectivity index is 1.48. The highest BCUT2D eigenvalue weighted by atomic mass is 15.0. The van der Waals surface area contributed by atoms with Gasteiger partial charge in [-0.3, -0.25) is 0 Å². The van der Waals surface area contributed by atoms with Crippen molar-refractivity contribution in [2.45, 2.75) is 25.3 Å².